The molecule has 0 radical (unpaired) electrons. The van der Waals surface area contributed by atoms with Crippen molar-refractivity contribution in [1.29, 1.82) is 0 Å². The van der Waals surface area contributed by atoms with E-state index in [-0.39, 0.29) is 18.1 Å². The number of aliphatic hydroxyl groups excluding tert-OH is 1. The van der Waals surface area contributed by atoms with Crippen LogP contribution in [0.25, 0.3) is 0 Å². The average molecular weight is 224 g/mol. The number of para-hydroxylation sites is 1. The van der Waals surface area contributed by atoms with Gasteiger partial charge in [-0.25, -0.2) is 0 Å². The SMILES string of the molecule is OCCCCCCCc1cccc(O)c1O. The largest absolute Gasteiger partial charge is 0.504 e. The van der Waals surface area contributed by atoms with Gasteiger partial charge in [0.2, 0.25) is 0 Å². The van der Waals surface area contributed by atoms with Crippen molar-refractivity contribution in [2.24, 2.45) is 0 Å². The molecule has 0 unspecified atom stereocenters. The molecule has 1 rings (SSSR count). The topological polar surface area (TPSA) is 60.7 Å². The molecule has 0 bridgehead atoms. The van der Waals surface area contributed by atoms with Crippen molar-refractivity contribution < 1.29 is 15.3 Å². The summed E-state index contributed by atoms with van der Waals surface area (Å²) >= 11 is 0. The lowest BCUT2D eigenvalue weighted by atomic mass is 10.0. The lowest BCUT2D eigenvalue weighted by molar-refractivity contribution is 0.282. The van der Waals surface area contributed by atoms with Crippen molar-refractivity contribution in [1.82, 2.24) is 0 Å². The summed E-state index contributed by atoms with van der Waals surface area (Å²) in [6.07, 6.45) is 5.93. The van der Waals surface area contributed by atoms with Gasteiger partial charge >= 0.3 is 0 Å². The summed E-state index contributed by atoms with van der Waals surface area (Å²) in [4.78, 5) is 0. The normalized spacial score (nSPS) is 10.6. The number of phenolic OH excluding ortho intramolecular Hbond substituents is 2. The molecule has 3 N–H and O–H groups in total. The Morgan fingerprint density at radius 2 is 1.56 bits per heavy atom. The lowest BCUT2D eigenvalue weighted by Crippen LogP contribution is -1.88. The standard InChI is InChI=1S/C13H20O3/c14-10-5-3-1-2-4-7-11-8-6-9-12(15)13(11)16/h6,8-9,14-16H,1-5,7,10H2. The Kier molecular flexibility index (Phi) is 5.72. The van der Waals surface area contributed by atoms with Crippen LogP contribution < -0.4 is 0 Å². The predicted octanol–water partition coefficient (Wildman–Crippen LogP) is 2.58. The third-order valence-corrected chi connectivity index (χ3v) is 2.70. The molecular weight excluding hydrogens is 204 g/mol. The minimum atomic E-state index is -0.0437. The van der Waals surface area contributed by atoms with Gasteiger partial charge in [0, 0.05) is 6.61 Å². The van der Waals surface area contributed by atoms with E-state index in [2.05, 4.69) is 0 Å². The number of hydrogen-bond acceptors (Lipinski definition) is 3. The van der Waals surface area contributed by atoms with Gasteiger partial charge < -0.3 is 15.3 Å². The number of aryl methyl sites for hydroxylation is 1. The van der Waals surface area contributed by atoms with Gasteiger partial charge in [-0.3, -0.25) is 0 Å². The molecule has 0 aliphatic heterocycles. The maximum Gasteiger partial charge on any atom is 0.160 e. The summed E-state index contributed by atoms with van der Waals surface area (Å²) in [6.45, 7) is 0.271. The van der Waals surface area contributed by atoms with Crippen molar-refractivity contribution in [2.75, 3.05) is 6.61 Å². The molecular formula is C13H20O3. The lowest BCUT2D eigenvalue weighted by Gasteiger charge is -2.05. The van der Waals surface area contributed by atoms with Gasteiger partial charge in [-0.2, -0.15) is 0 Å². The molecule has 90 valence electrons. The summed E-state index contributed by atoms with van der Waals surface area (Å²) < 4.78 is 0. The van der Waals surface area contributed by atoms with Crippen LogP contribution in [0.15, 0.2) is 18.2 Å². The minimum Gasteiger partial charge on any atom is -0.504 e. The van der Waals surface area contributed by atoms with E-state index in [1.54, 1.807) is 6.07 Å². The van der Waals surface area contributed by atoms with Crippen molar-refractivity contribution in [3.05, 3.63) is 23.8 Å². The zero-order chi connectivity index (χ0) is 11.8. The van der Waals surface area contributed by atoms with Crippen LogP contribution in [-0.4, -0.2) is 21.9 Å². The predicted molar refractivity (Wildman–Crippen MR) is 63.6 cm³/mol. The molecule has 1 aromatic rings. The zero-order valence-corrected chi connectivity index (χ0v) is 9.52. The Hall–Kier alpha value is -1.22. The second-order valence-electron chi connectivity index (χ2n) is 4.03. The number of rotatable bonds is 7. The highest BCUT2D eigenvalue weighted by Gasteiger charge is 2.04. The molecule has 0 amide bonds. The summed E-state index contributed by atoms with van der Waals surface area (Å²) in [7, 11) is 0. The first-order valence-corrected chi connectivity index (χ1v) is 5.86. The van der Waals surface area contributed by atoms with Gasteiger partial charge in [0.25, 0.3) is 0 Å². The average Bonchev–Trinajstić information content (AvgIpc) is 2.29. The van der Waals surface area contributed by atoms with Crippen LogP contribution >= 0.6 is 0 Å². The fourth-order valence-corrected chi connectivity index (χ4v) is 1.74. The monoisotopic (exact) mass is 224 g/mol. The van der Waals surface area contributed by atoms with E-state index in [0.717, 1.165) is 44.1 Å². The first kappa shape index (κ1) is 12.8. The van der Waals surface area contributed by atoms with Crippen molar-refractivity contribution >= 4 is 0 Å². The maximum absolute atomic E-state index is 9.56. The van der Waals surface area contributed by atoms with Gasteiger partial charge in [0.15, 0.2) is 11.5 Å². The molecule has 3 heteroatoms. The molecule has 0 aliphatic carbocycles. The Bertz CT molecular complexity index is 310. The molecule has 0 saturated heterocycles. The maximum atomic E-state index is 9.56. The van der Waals surface area contributed by atoms with Gasteiger partial charge in [-0.1, -0.05) is 31.4 Å². The highest BCUT2D eigenvalue weighted by atomic mass is 16.3. The van der Waals surface area contributed by atoms with E-state index in [0.29, 0.717) is 0 Å². The molecule has 0 aromatic heterocycles. The molecule has 0 saturated carbocycles. The van der Waals surface area contributed by atoms with Crippen LogP contribution in [0.5, 0.6) is 11.5 Å². The van der Waals surface area contributed by atoms with E-state index >= 15 is 0 Å². The second kappa shape index (κ2) is 7.12. The third kappa shape index (κ3) is 4.11. The van der Waals surface area contributed by atoms with Crippen LogP contribution in [0.4, 0.5) is 0 Å². The van der Waals surface area contributed by atoms with E-state index in [9.17, 15) is 10.2 Å². The molecule has 1 aromatic carbocycles. The molecule has 0 heterocycles. The van der Waals surface area contributed by atoms with Crippen LogP contribution in [0.2, 0.25) is 0 Å². The molecule has 0 aliphatic rings. The van der Waals surface area contributed by atoms with E-state index in [4.69, 9.17) is 5.11 Å². The summed E-state index contributed by atoms with van der Waals surface area (Å²) in [6, 6.07) is 5.07. The van der Waals surface area contributed by atoms with E-state index in [1.807, 2.05) is 6.07 Å². The minimum absolute atomic E-state index is 0.0119. The fourth-order valence-electron chi connectivity index (χ4n) is 1.74. The van der Waals surface area contributed by atoms with E-state index < -0.39 is 0 Å². The highest BCUT2D eigenvalue weighted by Crippen LogP contribution is 2.29. The Labute approximate surface area is 96.4 Å². The number of unbranched alkanes of at least 4 members (excludes halogenated alkanes) is 4. The van der Waals surface area contributed by atoms with Crippen LogP contribution in [0, 0.1) is 0 Å². The first-order valence-electron chi connectivity index (χ1n) is 5.86. The van der Waals surface area contributed by atoms with Gasteiger partial charge in [0.1, 0.15) is 0 Å². The quantitative estimate of drug-likeness (QED) is 0.493. The molecule has 16 heavy (non-hydrogen) atoms. The van der Waals surface area contributed by atoms with Crippen LogP contribution in [-0.2, 0) is 6.42 Å². The smallest absolute Gasteiger partial charge is 0.160 e. The summed E-state index contributed by atoms with van der Waals surface area (Å²) in [5, 5.41) is 27.5. The van der Waals surface area contributed by atoms with E-state index in [1.165, 1.54) is 6.07 Å². The summed E-state index contributed by atoms with van der Waals surface area (Å²) in [5.41, 5.74) is 0.808. The fraction of sp³-hybridized carbons (Fsp3) is 0.538. The third-order valence-electron chi connectivity index (χ3n) is 2.70. The zero-order valence-electron chi connectivity index (χ0n) is 9.52. The van der Waals surface area contributed by atoms with Gasteiger partial charge in [-0.15, -0.1) is 0 Å². The van der Waals surface area contributed by atoms with Crippen molar-refractivity contribution in [3.8, 4) is 11.5 Å². The number of aromatic hydroxyl groups is 2. The molecule has 0 spiro atoms. The molecule has 0 atom stereocenters. The van der Waals surface area contributed by atoms with Gasteiger partial charge in [-0.05, 0) is 30.9 Å². The van der Waals surface area contributed by atoms with Crippen LogP contribution in [0.1, 0.15) is 37.7 Å². The number of aliphatic hydroxyl groups is 1. The van der Waals surface area contributed by atoms with Gasteiger partial charge in [0.05, 0.1) is 0 Å². The Balaban J connectivity index is 2.24. The summed E-state index contributed by atoms with van der Waals surface area (Å²) in [5.74, 6) is -0.0318. The Morgan fingerprint density at radius 3 is 2.31 bits per heavy atom. The van der Waals surface area contributed by atoms with Crippen molar-refractivity contribution in [2.45, 2.75) is 38.5 Å². The number of benzene rings is 1. The highest BCUT2D eigenvalue weighted by molar-refractivity contribution is 5.44. The number of phenols is 2. The molecule has 3 nitrogen and oxygen atoms in total. The van der Waals surface area contributed by atoms with Crippen molar-refractivity contribution in [3.63, 3.8) is 0 Å². The molecule has 0 fully saturated rings. The van der Waals surface area contributed by atoms with Crippen LogP contribution in [0.3, 0.4) is 0 Å². The Morgan fingerprint density at radius 1 is 0.875 bits per heavy atom. The first-order chi connectivity index (χ1) is 7.75. The number of hydrogen-bond donors (Lipinski definition) is 3. The second-order valence-corrected chi connectivity index (χ2v) is 4.03.